The van der Waals surface area contributed by atoms with Crippen molar-refractivity contribution in [2.45, 2.75) is 23.8 Å². The van der Waals surface area contributed by atoms with Gasteiger partial charge < -0.3 is 14.6 Å². The van der Waals surface area contributed by atoms with Crippen LogP contribution in [-0.4, -0.2) is 51.2 Å². The first-order chi connectivity index (χ1) is 9.95. The van der Waals surface area contributed by atoms with Crippen molar-refractivity contribution in [1.82, 2.24) is 4.31 Å². The number of ether oxygens (including phenoxy) is 2. The number of benzene rings is 1. The highest BCUT2D eigenvalue weighted by atomic mass is 32.2. The first kappa shape index (κ1) is 16.0. The Balaban J connectivity index is 2.49. The molecule has 1 aromatic rings. The molecule has 1 saturated heterocycles. The molecule has 1 fully saturated rings. The fourth-order valence-electron chi connectivity index (χ4n) is 2.47. The molecule has 0 unspecified atom stereocenters. The van der Waals surface area contributed by atoms with Crippen LogP contribution < -0.4 is 9.47 Å². The molecule has 21 heavy (non-hydrogen) atoms. The lowest BCUT2D eigenvalue weighted by atomic mass is 10.2. The van der Waals surface area contributed by atoms with Gasteiger partial charge in [0.05, 0.1) is 20.8 Å². The predicted molar refractivity (Wildman–Crippen MR) is 73.5 cm³/mol. The van der Waals surface area contributed by atoms with Crippen molar-refractivity contribution < 1.29 is 27.4 Å². The van der Waals surface area contributed by atoms with Crippen LogP contribution in [0.4, 0.5) is 4.39 Å². The Morgan fingerprint density at radius 2 is 1.95 bits per heavy atom. The minimum atomic E-state index is -4.03. The number of aliphatic hydroxyl groups excluding tert-OH is 1. The summed E-state index contributed by atoms with van der Waals surface area (Å²) in [5.74, 6) is -0.650. The summed E-state index contributed by atoms with van der Waals surface area (Å²) in [5, 5.41) is 9.25. The molecule has 8 heteroatoms. The highest BCUT2D eigenvalue weighted by molar-refractivity contribution is 7.89. The molecular weight excluding hydrogens is 301 g/mol. The van der Waals surface area contributed by atoms with Crippen LogP contribution in [0.5, 0.6) is 11.5 Å². The molecule has 0 radical (unpaired) electrons. The number of aliphatic hydroxyl groups is 1. The zero-order chi connectivity index (χ0) is 15.6. The van der Waals surface area contributed by atoms with Crippen LogP contribution in [0.25, 0.3) is 0 Å². The summed E-state index contributed by atoms with van der Waals surface area (Å²) in [7, 11) is -1.34. The quantitative estimate of drug-likeness (QED) is 0.876. The number of methoxy groups -OCH3 is 2. The number of nitrogens with zero attached hydrogens (tertiary/aromatic N) is 1. The van der Waals surface area contributed by atoms with Gasteiger partial charge in [-0.05, 0) is 12.8 Å². The van der Waals surface area contributed by atoms with Crippen LogP contribution in [-0.2, 0) is 10.0 Å². The van der Waals surface area contributed by atoms with Crippen molar-refractivity contribution in [1.29, 1.82) is 0 Å². The summed E-state index contributed by atoms with van der Waals surface area (Å²) < 4.78 is 50.4. The second-order valence-corrected chi connectivity index (χ2v) is 6.59. The molecular formula is C13H18FNO5S. The third-order valence-electron chi connectivity index (χ3n) is 3.56. The highest BCUT2D eigenvalue weighted by Gasteiger charge is 2.37. The van der Waals surface area contributed by atoms with Gasteiger partial charge in [-0.25, -0.2) is 12.8 Å². The second kappa shape index (κ2) is 6.17. The van der Waals surface area contributed by atoms with Gasteiger partial charge in [-0.2, -0.15) is 4.31 Å². The van der Waals surface area contributed by atoms with Crippen molar-refractivity contribution in [3.63, 3.8) is 0 Å². The van der Waals surface area contributed by atoms with Crippen molar-refractivity contribution in [3.05, 3.63) is 17.9 Å². The molecule has 1 atom stereocenters. The molecule has 1 aliphatic rings. The molecule has 0 bridgehead atoms. The largest absolute Gasteiger partial charge is 0.493 e. The van der Waals surface area contributed by atoms with E-state index in [4.69, 9.17) is 9.47 Å². The van der Waals surface area contributed by atoms with Crippen molar-refractivity contribution in [3.8, 4) is 11.5 Å². The van der Waals surface area contributed by atoms with Gasteiger partial charge in [0.1, 0.15) is 10.7 Å². The highest BCUT2D eigenvalue weighted by Crippen LogP contribution is 2.34. The third kappa shape index (κ3) is 2.83. The minimum Gasteiger partial charge on any atom is -0.493 e. The van der Waals surface area contributed by atoms with Crippen molar-refractivity contribution in [2.24, 2.45) is 0 Å². The van der Waals surface area contributed by atoms with Gasteiger partial charge in [0.15, 0.2) is 11.5 Å². The summed E-state index contributed by atoms with van der Waals surface area (Å²) in [5.41, 5.74) is 0. The smallest absolute Gasteiger partial charge is 0.246 e. The first-order valence-electron chi connectivity index (χ1n) is 6.50. The SMILES string of the molecule is COc1cc(F)c(S(=O)(=O)N2CCC[C@H]2CO)cc1OC. The Morgan fingerprint density at radius 1 is 1.33 bits per heavy atom. The Kier molecular flexibility index (Phi) is 4.70. The van der Waals surface area contributed by atoms with Crippen LogP contribution in [0.15, 0.2) is 17.0 Å². The molecule has 0 spiro atoms. The number of hydrogen-bond acceptors (Lipinski definition) is 5. The molecule has 2 rings (SSSR count). The van der Waals surface area contributed by atoms with Crippen LogP contribution in [0, 0.1) is 5.82 Å². The summed E-state index contributed by atoms with van der Waals surface area (Å²) in [6.07, 6.45) is 1.20. The lowest BCUT2D eigenvalue weighted by molar-refractivity contribution is 0.213. The van der Waals surface area contributed by atoms with E-state index in [9.17, 15) is 17.9 Å². The van der Waals surface area contributed by atoms with Gasteiger partial charge in [-0.1, -0.05) is 0 Å². The van der Waals surface area contributed by atoms with E-state index in [0.717, 1.165) is 16.4 Å². The van der Waals surface area contributed by atoms with E-state index in [1.165, 1.54) is 14.2 Å². The van der Waals surface area contributed by atoms with E-state index in [-0.39, 0.29) is 24.7 Å². The Bertz CT molecular complexity index is 619. The number of rotatable bonds is 5. The standard InChI is InChI=1S/C13H18FNO5S/c1-19-11-6-10(14)13(7-12(11)20-2)21(17,18)15-5-3-4-9(15)8-16/h6-7,9,16H,3-5,8H2,1-2H3/t9-/m0/s1. The minimum absolute atomic E-state index is 0.120. The molecule has 0 amide bonds. The normalized spacial score (nSPS) is 19.7. The van der Waals surface area contributed by atoms with Gasteiger partial charge in [0.25, 0.3) is 0 Å². The van der Waals surface area contributed by atoms with Crippen LogP contribution in [0.3, 0.4) is 0 Å². The Labute approximate surface area is 123 Å². The summed E-state index contributed by atoms with van der Waals surface area (Å²) >= 11 is 0. The fourth-order valence-corrected chi connectivity index (χ4v) is 4.22. The van der Waals surface area contributed by atoms with Gasteiger partial charge >= 0.3 is 0 Å². The maximum Gasteiger partial charge on any atom is 0.246 e. The van der Waals surface area contributed by atoms with Gasteiger partial charge in [0.2, 0.25) is 10.0 Å². The lowest BCUT2D eigenvalue weighted by Crippen LogP contribution is -2.38. The maximum atomic E-state index is 14.1. The fraction of sp³-hybridized carbons (Fsp3) is 0.538. The molecule has 1 aliphatic heterocycles. The average Bonchev–Trinajstić information content (AvgIpc) is 2.95. The van der Waals surface area contributed by atoms with Gasteiger partial charge in [-0.15, -0.1) is 0 Å². The van der Waals surface area contributed by atoms with E-state index in [0.29, 0.717) is 12.8 Å². The Morgan fingerprint density at radius 3 is 2.52 bits per heavy atom. The van der Waals surface area contributed by atoms with E-state index in [1.54, 1.807) is 0 Å². The Hall–Kier alpha value is -1.38. The number of halogens is 1. The topological polar surface area (TPSA) is 76.1 Å². The van der Waals surface area contributed by atoms with E-state index in [2.05, 4.69) is 0 Å². The van der Waals surface area contributed by atoms with E-state index < -0.39 is 26.8 Å². The molecule has 0 aromatic heterocycles. The summed E-state index contributed by atoms with van der Waals surface area (Å²) in [6.45, 7) is -0.0184. The van der Waals surface area contributed by atoms with Crippen molar-refractivity contribution in [2.75, 3.05) is 27.4 Å². The van der Waals surface area contributed by atoms with E-state index >= 15 is 0 Å². The van der Waals surface area contributed by atoms with E-state index in [1.807, 2.05) is 0 Å². The number of hydrogen-bond donors (Lipinski definition) is 1. The second-order valence-electron chi connectivity index (χ2n) is 4.73. The van der Waals surface area contributed by atoms with Crippen LogP contribution >= 0.6 is 0 Å². The van der Waals surface area contributed by atoms with Crippen molar-refractivity contribution >= 4 is 10.0 Å². The molecule has 1 aromatic carbocycles. The third-order valence-corrected chi connectivity index (χ3v) is 5.53. The first-order valence-corrected chi connectivity index (χ1v) is 7.94. The lowest BCUT2D eigenvalue weighted by Gasteiger charge is -2.23. The zero-order valence-corrected chi connectivity index (χ0v) is 12.7. The van der Waals surface area contributed by atoms with Crippen LogP contribution in [0.1, 0.15) is 12.8 Å². The summed E-state index contributed by atoms with van der Waals surface area (Å²) in [4.78, 5) is -0.472. The van der Waals surface area contributed by atoms with Gasteiger partial charge in [0, 0.05) is 24.7 Å². The average molecular weight is 319 g/mol. The number of sulfonamides is 1. The van der Waals surface area contributed by atoms with Crippen LogP contribution in [0.2, 0.25) is 0 Å². The zero-order valence-electron chi connectivity index (χ0n) is 11.9. The molecule has 1 heterocycles. The predicted octanol–water partition coefficient (Wildman–Crippen LogP) is 0.988. The molecule has 1 N–H and O–H groups in total. The molecule has 0 aliphatic carbocycles. The molecule has 118 valence electrons. The monoisotopic (exact) mass is 319 g/mol. The maximum absolute atomic E-state index is 14.1. The molecule has 0 saturated carbocycles. The summed E-state index contributed by atoms with van der Waals surface area (Å²) in [6, 6.07) is 1.58. The van der Waals surface area contributed by atoms with Gasteiger partial charge in [-0.3, -0.25) is 0 Å². The molecule has 6 nitrogen and oxygen atoms in total.